The highest BCUT2D eigenvalue weighted by molar-refractivity contribution is 5.49. The van der Waals surface area contributed by atoms with Gasteiger partial charge >= 0.3 is 0 Å². The minimum absolute atomic E-state index is 0.504. The summed E-state index contributed by atoms with van der Waals surface area (Å²) in [7, 11) is 1.89. The molecule has 1 heterocycles. The summed E-state index contributed by atoms with van der Waals surface area (Å²) in [6.07, 6.45) is 1.98. The highest BCUT2D eigenvalue weighted by Crippen LogP contribution is 2.19. The zero-order chi connectivity index (χ0) is 12.8. The van der Waals surface area contributed by atoms with Crippen molar-refractivity contribution >= 4 is 11.6 Å². The van der Waals surface area contributed by atoms with Gasteiger partial charge in [-0.3, -0.25) is 0 Å². The summed E-state index contributed by atoms with van der Waals surface area (Å²) in [6.45, 7) is 9.65. The average Bonchev–Trinajstić information content (AvgIpc) is 2.38. The monoisotopic (exact) mass is 236 g/mol. The van der Waals surface area contributed by atoms with E-state index in [2.05, 4.69) is 47.9 Å². The van der Waals surface area contributed by atoms with Crippen LogP contribution in [-0.4, -0.2) is 29.6 Å². The molecule has 0 spiro atoms. The Balaban J connectivity index is 3.09. The van der Waals surface area contributed by atoms with E-state index in [0.29, 0.717) is 6.04 Å². The standard InChI is InChI=1S/C13H24N4/c1-6-10(4)17(8-3)13-9-12(14-5)15-11(7-2)16-13/h9-10H,6-8H2,1-5H3,(H,14,15,16). The first-order valence-electron chi connectivity index (χ1n) is 6.48. The van der Waals surface area contributed by atoms with Crippen LogP contribution in [0.3, 0.4) is 0 Å². The zero-order valence-corrected chi connectivity index (χ0v) is 11.6. The lowest BCUT2D eigenvalue weighted by atomic mass is 10.2. The van der Waals surface area contributed by atoms with Crippen LogP contribution < -0.4 is 10.2 Å². The van der Waals surface area contributed by atoms with Crippen molar-refractivity contribution in [1.82, 2.24) is 9.97 Å². The van der Waals surface area contributed by atoms with Crippen LogP contribution >= 0.6 is 0 Å². The summed E-state index contributed by atoms with van der Waals surface area (Å²) < 4.78 is 0. The van der Waals surface area contributed by atoms with Crippen molar-refractivity contribution in [3.8, 4) is 0 Å². The Bertz CT molecular complexity index is 329. The minimum atomic E-state index is 0.504. The van der Waals surface area contributed by atoms with Gasteiger partial charge in [-0.1, -0.05) is 13.8 Å². The lowest BCUT2D eigenvalue weighted by molar-refractivity contribution is 0.620. The Morgan fingerprint density at radius 1 is 1.29 bits per heavy atom. The van der Waals surface area contributed by atoms with Crippen molar-refractivity contribution in [2.45, 2.75) is 46.6 Å². The van der Waals surface area contributed by atoms with Crippen LogP contribution in [-0.2, 0) is 6.42 Å². The third-order valence-electron chi connectivity index (χ3n) is 3.09. The van der Waals surface area contributed by atoms with E-state index in [-0.39, 0.29) is 0 Å². The first kappa shape index (κ1) is 13.7. The number of hydrogen-bond acceptors (Lipinski definition) is 4. The van der Waals surface area contributed by atoms with Gasteiger partial charge < -0.3 is 10.2 Å². The van der Waals surface area contributed by atoms with Crippen LogP contribution in [0.1, 0.15) is 39.9 Å². The second-order valence-electron chi connectivity index (χ2n) is 4.17. The summed E-state index contributed by atoms with van der Waals surface area (Å²) in [6, 6.07) is 2.53. The Kier molecular flexibility index (Phi) is 5.19. The molecule has 1 aromatic rings. The molecule has 4 heteroatoms. The van der Waals surface area contributed by atoms with Crippen LogP contribution in [0.25, 0.3) is 0 Å². The van der Waals surface area contributed by atoms with Gasteiger partial charge in [-0.15, -0.1) is 0 Å². The highest BCUT2D eigenvalue weighted by Gasteiger charge is 2.14. The third-order valence-corrected chi connectivity index (χ3v) is 3.09. The van der Waals surface area contributed by atoms with Crippen LogP contribution in [0, 0.1) is 0 Å². The first-order chi connectivity index (χ1) is 8.15. The Morgan fingerprint density at radius 3 is 2.47 bits per heavy atom. The van der Waals surface area contributed by atoms with E-state index in [9.17, 15) is 0 Å². The summed E-state index contributed by atoms with van der Waals surface area (Å²) in [4.78, 5) is 11.4. The summed E-state index contributed by atoms with van der Waals surface area (Å²) in [5.41, 5.74) is 0. The number of anilines is 2. The summed E-state index contributed by atoms with van der Waals surface area (Å²) in [5.74, 6) is 2.82. The molecule has 0 amide bonds. The number of nitrogens with one attached hydrogen (secondary N) is 1. The van der Waals surface area contributed by atoms with E-state index in [1.807, 2.05) is 13.1 Å². The molecule has 0 saturated carbocycles. The molecule has 1 unspecified atom stereocenters. The van der Waals surface area contributed by atoms with Crippen molar-refractivity contribution in [2.24, 2.45) is 0 Å². The van der Waals surface area contributed by atoms with Crippen LogP contribution in [0.15, 0.2) is 6.07 Å². The maximum absolute atomic E-state index is 4.61. The summed E-state index contributed by atoms with van der Waals surface area (Å²) in [5, 5.41) is 3.10. The molecule has 4 nitrogen and oxygen atoms in total. The van der Waals surface area contributed by atoms with Gasteiger partial charge in [0, 0.05) is 32.1 Å². The molecule has 0 aliphatic carbocycles. The molecule has 1 N–H and O–H groups in total. The summed E-state index contributed by atoms with van der Waals surface area (Å²) >= 11 is 0. The quantitative estimate of drug-likeness (QED) is 0.824. The van der Waals surface area contributed by atoms with E-state index in [4.69, 9.17) is 0 Å². The van der Waals surface area contributed by atoms with Crippen molar-refractivity contribution in [2.75, 3.05) is 23.8 Å². The van der Waals surface area contributed by atoms with Crippen LogP contribution in [0.5, 0.6) is 0 Å². The predicted octanol–water partition coefficient (Wildman–Crippen LogP) is 2.71. The molecule has 0 radical (unpaired) electrons. The van der Waals surface area contributed by atoms with Crippen LogP contribution in [0.4, 0.5) is 11.6 Å². The molecular formula is C13H24N4. The maximum Gasteiger partial charge on any atom is 0.134 e. The molecule has 0 saturated heterocycles. The Hall–Kier alpha value is -1.32. The lowest BCUT2D eigenvalue weighted by Gasteiger charge is -2.28. The molecule has 1 rings (SSSR count). The molecule has 0 fully saturated rings. The van der Waals surface area contributed by atoms with Gasteiger partial charge in [0.05, 0.1) is 0 Å². The van der Waals surface area contributed by atoms with Crippen molar-refractivity contribution in [1.29, 1.82) is 0 Å². The SMILES string of the molecule is CCc1nc(NC)cc(N(CC)C(C)CC)n1. The van der Waals surface area contributed by atoms with Crippen LogP contribution in [0.2, 0.25) is 0 Å². The Labute approximate surface area is 104 Å². The number of hydrogen-bond donors (Lipinski definition) is 1. The average molecular weight is 236 g/mol. The largest absolute Gasteiger partial charge is 0.373 e. The molecule has 1 aromatic heterocycles. The van der Waals surface area contributed by atoms with E-state index >= 15 is 0 Å². The number of aryl methyl sites for hydroxylation is 1. The third kappa shape index (κ3) is 3.32. The normalized spacial score (nSPS) is 12.3. The fourth-order valence-electron chi connectivity index (χ4n) is 1.84. The fraction of sp³-hybridized carbons (Fsp3) is 0.692. The molecule has 0 bridgehead atoms. The second kappa shape index (κ2) is 6.42. The molecular weight excluding hydrogens is 212 g/mol. The molecule has 0 aliphatic rings. The van der Waals surface area contributed by atoms with Gasteiger partial charge in [-0.25, -0.2) is 9.97 Å². The van der Waals surface area contributed by atoms with Crippen molar-refractivity contribution in [3.63, 3.8) is 0 Å². The van der Waals surface area contributed by atoms with E-state index < -0.39 is 0 Å². The Morgan fingerprint density at radius 2 is 2.00 bits per heavy atom. The fourth-order valence-corrected chi connectivity index (χ4v) is 1.84. The second-order valence-corrected chi connectivity index (χ2v) is 4.17. The molecule has 1 atom stereocenters. The van der Waals surface area contributed by atoms with Gasteiger partial charge in [-0.2, -0.15) is 0 Å². The van der Waals surface area contributed by atoms with Gasteiger partial charge in [0.2, 0.25) is 0 Å². The molecule has 17 heavy (non-hydrogen) atoms. The lowest BCUT2D eigenvalue weighted by Crippen LogP contribution is -2.33. The van der Waals surface area contributed by atoms with E-state index in [1.54, 1.807) is 0 Å². The number of nitrogens with zero attached hydrogens (tertiary/aromatic N) is 3. The molecule has 0 aromatic carbocycles. The van der Waals surface area contributed by atoms with E-state index in [1.165, 1.54) is 0 Å². The van der Waals surface area contributed by atoms with Gasteiger partial charge in [0.1, 0.15) is 17.5 Å². The molecule has 96 valence electrons. The maximum atomic E-state index is 4.61. The number of rotatable bonds is 6. The van der Waals surface area contributed by atoms with E-state index in [0.717, 1.165) is 36.8 Å². The van der Waals surface area contributed by atoms with Gasteiger partial charge in [-0.05, 0) is 20.3 Å². The minimum Gasteiger partial charge on any atom is -0.373 e. The van der Waals surface area contributed by atoms with Crippen molar-refractivity contribution < 1.29 is 0 Å². The first-order valence-corrected chi connectivity index (χ1v) is 6.48. The predicted molar refractivity (Wildman–Crippen MR) is 73.7 cm³/mol. The molecule has 0 aliphatic heterocycles. The zero-order valence-electron chi connectivity index (χ0n) is 11.6. The number of aromatic nitrogens is 2. The van der Waals surface area contributed by atoms with Gasteiger partial charge in [0.15, 0.2) is 0 Å². The highest BCUT2D eigenvalue weighted by atomic mass is 15.2. The van der Waals surface area contributed by atoms with Gasteiger partial charge in [0.25, 0.3) is 0 Å². The topological polar surface area (TPSA) is 41.1 Å². The smallest absolute Gasteiger partial charge is 0.134 e. The van der Waals surface area contributed by atoms with Crippen molar-refractivity contribution in [3.05, 3.63) is 11.9 Å².